The Kier molecular flexibility index (Phi) is 14.3. The summed E-state index contributed by atoms with van der Waals surface area (Å²) >= 11 is 0. The van der Waals surface area contributed by atoms with E-state index in [4.69, 9.17) is 15.1 Å². The fourth-order valence-corrected chi connectivity index (χ4v) is 0.287. The Hall–Kier alpha value is -0.615. The molecule has 0 bridgehead atoms. The van der Waals surface area contributed by atoms with Gasteiger partial charge in [0.1, 0.15) is 0 Å². The molecule has 0 aromatic carbocycles. The molecule has 0 saturated carbocycles. The number of rotatable bonds is 4. The zero-order chi connectivity index (χ0) is 9.11. The predicted molar refractivity (Wildman–Crippen MR) is 45.7 cm³/mol. The van der Waals surface area contributed by atoms with E-state index in [1.54, 1.807) is 0 Å². The van der Waals surface area contributed by atoms with Gasteiger partial charge in [0.2, 0.25) is 0 Å². The summed E-state index contributed by atoms with van der Waals surface area (Å²) < 4.78 is 0. The van der Waals surface area contributed by atoms with Gasteiger partial charge in [-0.3, -0.25) is 0 Å². The van der Waals surface area contributed by atoms with Crippen LogP contribution in [0.5, 0.6) is 0 Å². The fraction of sp³-hybridized carbons (Fsp3) is 0.333. The molecule has 0 fully saturated rings. The molecule has 0 aliphatic heterocycles. The van der Waals surface area contributed by atoms with E-state index in [1.807, 2.05) is 12.2 Å². The average Bonchev–Trinajstić information content (AvgIpc) is 1.88. The van der Waals surface area contributed by atoms with Crippen molar-refractivity contribution in [3.63, 3.8) is 0 Å². The molecule has 0 unspecified atom stereocenters. The van der Waals surface area contributed by atoms with E-state index in [2.05, 4.69) is 18.5 Å². The first-order chi connectivity index (χ1) is 5.15. The highest BCUT2D eigenvalue weighted by molar-refractivity contribution is 6.30. The normalized spacial score (nSPS) is 7.55. The largest absolute Gasteiger partial charge is 0.631 e. The Morgan fingerprint density at radius 2 is 1.36 bits per heavy atom. The van der Waals surface area contributed by atoms with Gasteiger partial charge in [-0.2, -0.15) is 0 Å². The van der Waals surface area contributed by atoms with Crippen molar-refractivity contribution in [1.82, 2.24) is 5.32 Å². The quantitative estimate of drug-likeness (QED) is 0.238. The second-order valence-corrected chi connectivity index (χ2v) is 1.58. The standard InChI is InChI=1S/C6H11N.BH3O3/c1-3-5-7-6-4-2;2-1(3)4/h3-4,7H,1-2,5-6H2;2-4H. The van der Waals surface area contributed by atoms with Crippen LogP contribution in [0, 0.1) is 0 Å². The van der Waals surface area contributed by atoms with Gasteiger partial charge in [-0.25, -0.2) is 0 Å². The third kappa shape index (κ3) is 44.7. The molecule has 0 aliphatic rings. The van der Waals surface area contributed by atoms with Crippen molar-refractivity contribution in [2.24, 2.45) is 0 Å². The smallest absolute Gasteiger partial charge is 0.402 e. The molecule has 0 atom stereocenters. The molecule has 4 nitrogen and oxygen atoms in total. The number of hydrogen-bond donors (Lipinski definition) is 4. The van der Waals surface area contributed by atoms with Crippen LogP contribution in [-0.2, 0) is 0 Å². The Balaban J connectivity index is 0. The van der Waals surface area contributed by atoms with Crippen LogP contribution in [0.1, 0.15) is 0 Å². The molecule has 0 aliphatic carbocycles. The highest BCUT2D eigenvalue weighted by atomic mass is 16.5. The Morgan fingerprint density at radius 1 is 1.09 bits per heavy atom. The minimum Gasteiger partial charge on any atom is -0.402 e. The monoisotopic (exact) mass is 159 g/mol. The van der Waals surface area contributed by atoms with E-state index in [9.17, 15) is 0 Å². The molecule has 4 N–H and O–H groups in total. The van der Waals surface area contributed by atoms with Gasteiger partial charge in [-0.15, -0.1) is 13.2 Å². The summed E-state index contributed by atoms with van der Waals surface area (Å²) in [6.45, 7) is 8.81. The molecule has 0 aromatic rings. The lowest BCUT2D eigenvalue weighted by Crippen LogP contribution is -2.11. The van der Waals surface area contributed by atoms with E-state index in [0.717, 1.165) is 13.1 Å². The predicted octanol–water partition coefficient (Wildman–Crippen LogP) is -1.10. The molecule has 0 saturated heterocycles. The summed E-state index contributed by atoms with van der Waals surface area (Å²) in [5.41, 5.74) is 0. The van der Waals surface area contributed by atoms with Crippen molar-refractivity contribution in [3.8, 4) is 0 Å². The molecule has 0 rings (SSSR count). The maximum atomic E-state index is 7.17. The van der Waals surface area contributed by atoms with E-state index in [-0.39, 0.29) is 0 Å². The molecule has 11 heavy (non-hydrogen) atoms. The lowest BCUT2D eigenvalue weighted by atomic mass is 10.3. The van der Waals surface area contributed by atoms with Crippen LogP contribution in [0.2, 0.25) is 0 Å². The molecule has 64 valence electrons. The lowest BCUT2D eigenvalue weighted by molar-refractivity contribution is 0.278. The van der Waals surface area contributed by atoms with Crippen LogP contribution >= 0.6 is 0 Å². The molecule has 0 heterocycles. The van der Waals surface area contributed by atoms with Gasteiger partial charge in [0.15, 0.2) is 0 Å². The van der Waals surface area contributed by atoms with E-state index >= 15 is 0 Å². The van der Waals surface area contributed by atoms with Gasteiger partial charge in [-0.1, -0.05) is 12.2 Å². The van der Waals surface area contributed by atoms with Gasteiger partial charge >= 0.3 is 7.32 Å². The summed E-state index contributed by atoms with van der Waals surface area (Å²) in [7, 11) is -2.17. The molecule has 0 radical (unpaired) electrons. The second kappa shape index (κ2) is 12.1. The summed E-state index contributed by atoms with van der Waals surface area (Å²) in [4.78, 5) is 0. The zero-order valence-electron chi connectivity index (χ0n) is 6.40. The van der Waals surface area contributed by atoms with Crippen molar-refractivity contribution >= 4 is 7.32 Å². The number of hydrogen-bond acceptors (Lipinski definition) is 4. The van der Waals surface area contributed by atoms with Crippen LogP contribution < -0.4 is 5.32 Å². The topological polar surface area (TPSA) is 72.7 Å². The molecular weight excluding hydrogens is 145 g/mol. The fourth-order valence-electron chi connectivity index (χ4n) is 0.287. The Labute approximate surface area is 67.1 Å². The maximum Gasteiger partial charge on any atom is 0.631 e. The first-order valence-electron chi connectivity index (χ1n) is 3.11. The van der Waals surface area contributed by atoms with Crippen molar-refractivity contribution < 1.29 is 15.1 Å². The van der Waals surface area contributed by atoms with Crippen LogP contribution in [0.4, 0.5) is 0 Å². The van der Waals surface area contributed by atoms with Crippen molar-refractivity contribution in [3.05, 3.63) is 25.3 Å². The SMILES string of the molecule is C=CCNCC=C.OB(O)O. The Morgan fingerprint density at radius 3 is 1.55 bits per heavy atom. The van der Waals surface area contributed by atoms with E-state index in [1.165, 1.54) is 0 Å². The summed E-state index contributed by atoms with van der Waals surface area (Å²) in [5.74, 6) is 0. The van der Waals surface area contributed by atoms with E-state index in [0.29, 0.717) is 0 Å². The van der Waals surface area contributed by atoms with Crippen molar-refractivity contribution in [2.45, 2.75) is 0 Å². The molecule has 0 amide bonds. The first-order valence-corrected chi connectivity index (χ1v) is 3.11. The minimum atomic E-state index is -2.17. The van der Waals surface area contributed by atoms with Crippen LogP contribution in [0.25, 0.3) is 0 Å². The first kappa shape index (κ1) is 13.0. The summed E-state index contributed by atoms with van der Waals surface area (Å²) in [5, 5.41) is 24.5. The maximum absolute atomic E-state index is 7.17. The molecule has 0 spiro atoms. The average molecular weight is 159 g/mol. The van der Waals surface area contributed by atoms with Crippen LogP contribution in [0.15, 0.2) is 25.3 Å². The second-order valence-electron chi connectivity index (χ2n) is 1.58. The molecule has 5 heteroatoms. The molecule has 0 aromatic heterocycles. The van der Waals surface area contributed by atoms with Gasteiger partial charge < -0.3 is 20.4 Å². The third-order valence-electron chi connectivity index (χ3n) is 0.577. The minimum absolute atomic E-state index is 0.867. The number of nitrogens with one attached hydrogen (secondary N) is 1. The van der Waals surface area contributed by atoms with Gasteiger partial charge in [0.25, 0.3) is 0 Å². The van der Waals surface area contributed by atoms with Crippen LogP contribution in [-0.4, -0.2) is 35.5 Å². The highest BCUT2D eigenvalue weighted by Gasteiger charge is 1.92. The molecular formula is C6H14BNO3. The third-order valence-corrected chi connectivity index (χ3v) is 0.577. The van der Waals surface area contributed by atoms with Crippen LogP contribution in [0.3, 0.4) is 0 Å². The van der Waals surface area contributed by atoms with Gasteiger partial charge in [-0.05, 0) is 0 Å². The summed E-state index contributed by atoms with van der Waals surface area (Å²) in [6.07, 6.45) is 3.65. The van der Waals surface area contributed by atoms with Gasteiger partial charge in [0, 0.05) is 13.1 Å². The van der Waals surface area contributed by atoms with E-state index < -0.39 is 7.32 Å². The van der Waals surface area contributed by atoms with Gasteiger partial charge in [0.05, 0.1) is 0 Å². The van der Waals surface area contributed by atoms with Crippen molar-refractivity contribution in [2.75, 3.05) is 13.1 Å². The summed E-state index contributed by atoms with van der Waals surface area (Å²) in [6, 6.07) is 0. The van der Waals surface area contributed by atoms with Crippen molar-refractivity contribution in [1.29, 1.82) is 0 Å². The highest BCUT2D eigenvalue weighted by Crippen LogP contribution is 1.59. The lowest BCUT2D eigenvalue weighted by Gasteiger charge is -1.90. The zero-order valence-corrected chi connectivity index (χ0v) is 6.40. The Bertz CT molecular complexity index is 87.1.